The van der Waals surface area contributed by atoms with E-state index in [4.69, 9.17) is 10.1 Å². The second-order valence-corrected chi connectivity index (χ2v) is 7.27. The van der Waals surface area contributed by atoms with E-state index >= 15 is 0 Å². The lowest BCUT2D eigenvalue weighted by Crippen LogP contribution is -3.10. The molecule has 2 N–H and O–H groups in total. The number of esters is 1. The molecule has 0 spiro atoms. The Morgan fingerprint density at radius 2 is 1.89 bits per heavy atom. The van der Waals surface area contributed by atoms with E-state index in [1.165, 1.54) is 12.0 Å². The summed E-state index contributed by atoms with van der Waals surface area (Å²) in [6, 6.07) is 12.9. The van der Waals surface area contributed by atoms with Crippen molar-refractivity contribution < 1.29 is 14.4 Å². The third-order valence-electron chi connectivity index (χ3n) is 5.77. The molecule has 7 nitrogen and oxygen atoms in total. The Labute approximate surface area is 163 Å². The smallest absolute Gasteiger partial charge is 0.337 e. The third kappa shape index (κ3) is 2.76. The highest BCUT2D eigenvalue weighted by Gasteiger charge is 2.58. The van der Waals surface area contributed by atoms with Gasteiger partial charge in [0.25, 0.3) is 0 Å². The van der Waals surface area contributed by atoms with Gasteiger partial charge in [0.2, 0.25) is 0 Å². The molecule has 1 aliphatic carbocycles. The summed E-state index contributed by atoms with van der Waals surface area (Å²) < 4.78 is 4.72. The predicted molar refractivity (Wildman–Crippen MR) is 99.2 cm³/mol. The van der Waals surface area contributed by atoms with Crippen LogP contribution in [0.1, 0.15) is 21.8 Å². The van der Waals surface area contributed by atoms with E-state index in [0.717, 1.165) is 12.1 Å². The lowest BCUT2D eigenvalue weighted by Gasteiger charge is -2.46. The zero-order chi connectivity index (χ0) is 20.5. The van der Waals surface area contributed by atoms with Crippen LogP contribution in [-0.4, -0.2) is 38.9 Å². The Hall–Kier alpha value is -3.47. The van der Waals surface area contributed by atoms with E-state index < -0.39 is 23.2 Å². The van der Waals surface area contributed by atoms with Crippen LogP contribution in [0.3, 0.4) is 0 Å². The molecular formula is C21H20N5O2+. The van der Waals surface area contributed by atoms with Gasteiger partial charge in [0, 0.05) is 11.8 Å². The Balaban J connectivity index is 2.19. The first-order chi connectivity index (χ1) is 13.4. The maximum absolute atomic E-state index is 11.7. The van der Waals surface area contributed by atoms with Gasteiger partial charge in [0.15, 0.2) is 5.41 Å². The molecule has 0 bridgehead atoms. The number of fused-ring (bicyclic) bond motifs is 1. The van der Waals surface area contributed by atoms with Crippen LogP contribution in [0, 0.1) is 56.7 Å². The van der Waals surface area contributed by atoms with Crippen molar-refractivity contribution in [2.75, 3.05) is 27.2 Å². The first kappa shape index (κ1) is 19.3. The number of hydrogen-bond acceptors (Lipinski definition) is 6. The minimum absolute atomic E-state index is 0.163. The molecule has 0 amide bonds. The van der Waals surface area contributed by atoms with Gasteiger partial charge in [-0.05, 0) is 29.3 Å². The van der Waals surface area contributed by atoms with E-state index in [0.29, 0.717) is 17.7 Å². The van der Waals surface area contributed by atoms with Crippen LogP contribution < -0.4 is 4.90 Å². The standard InChI is InChI=1S/C21H19N5O2/c1-26-8-7-15-16(9-22)19(25)21(11-23,12-24)18(17(15)10-26)13-3-5-14(6-4-13)20(27)28-2/h3-7,16-18,25H,8,10H2,1-2H3/p+1/t16?,17-,18-/m0/s1. The summed E-state index contributed by atoms with van der Waals surface area (Å²) in [7, 11) is 3.32. The van der Waals surface area contributed by atoms with Crippen LogP contribution in [-0.2, 0) is 4.74 Å². The number of carbonyl (C=O) groups excluding carboxylic acids is 1. The number of nitrogens with one attached hydrogen (secondary N) is 2. The molecule has 2 unspecified atom stereocenters. The van der Waals surface area contributed by atoms with E-state index in [-0.39, 0.29) is 11.6 Å². The molecule has 3 rings (SSSR count). The van der Waals surface area contributed by atoms with Crippen molar-refractivity contribution in [3.8, 4) is 18.2 Å². The van der Waals surface area contributed by atoms with Gasteiger partial charge in [-0.3, -0.25) is 0 Å². The minimum atomic E-state index is -1.73. The molecule has 0 aromatic heterocycles. The van der Waals surface area contributed by atoms with Crippen LogP contribution in [0.15, 0.2) is 35.9 Å². The monoisotopic (exact) mass is 374 g/mol. The lowest BCUT2D eigenvalue weighted by molar-refractivity contribution is -0.878. The Kier molecular flexibility index (Phi) is 5.01. The van der Waals surface area contributed by atoms with E-state index in [1.54, 1.807) is 24.3 Å². The molecule has 28 heavy (non-hydrogen) atoms. The maximum atomic E-state index is 11.7. The maximum Gasteiger partial charge on any atom is 0.337 e. The van der Waals surface area contributed by atoms with Crippen LogP contribution in [0.5, 0.6) is 0 Å². The zero-order valence-electron chi connectivity index (χ0n) is 15.7. The highest BCUT2D eigenvalue weighted by molar-refractivity contribution is 6.00. The summed E-state index contributed by atoms with van der Waals surface area (Å²) in [4.78, 5) is 12.9. The first-order valence-electron chi connectivity index (χ1n) is 8.94. The molecule has 1 aliphatic heterocycles. The second kappa shape index (κ2) is 7.27. The summed E-state index contributed by atoms with van der Waals surface area (Å²) >= 11 is 0. The van der Waals surface area contributed by atoms with Gasteiger partial charge in [-0.15, -0.1) is 0 Å². The predicted octanol–water partition coefficient (Wildman–Crippen LogP) is 0.834. The molecule has 4 atom stereocenters. The summed E-state index contributed by atoms with van der Waals surface area (Å²) in [6.45, 7) is 1.39. The normalized spacial score (nSPS) is 28.0. The van der Waals surface area contributed by atoms with E-state index in [9.17, 15) is 20.6 Å². The van der Waals surface area contributed by atoms with Crippen molar-refractivity contribution in [1.29, 1.82) is 21.2 Å². The second-order valence-electron chi connectivity index (χ2n) is 7.27. The topological polar surface area (TPSA) is 126 Å². The number of methoxy groups -OCH3 is 1. The highest BCUT2D eigenvalue weighted by atomic mass is 16.5. The molecule has 2 aliphatic rings. The summed E-state index contributed by atoms with van der Waals surface area (Å²) in [5.74, 6) is -2.13. The number of carbonyl (C=O) groups is 1. The average Bonchev–Trinajstić information content (AvgIpc) is 2.73. The molecule has 1 saturated carbocycles. The van der Waals surface area contributed by atoms with Gasteiger partial charge < -0.3 is 15.0 Å². The van der Waals surface area contributed by atoms with Gasteiger partial charge in [-0.25, -0.2) is 4.79 Å². The van der Waals surface area contributed by atoms with Crippen LogP contribution >= 0.6 is 0 Å². The fourth-order valence-electron chi connectivity index (χ4n) is 4.38. The first-order valence-corrected chi connectivity index (χ1v) is 8.94. The Morgan fingerprint density at radius 3 is 2.43 bits per heavy atom. The number of nitrogens with zero attached hydrogens (tertiary/aromatic N) is 3. The largest absolute Gasteiger partial charge is 0.465 e. The van der Waals surface area contributed by atoms with Gasteiger partial charge in [0.05, 0.1) is 56.7 Å². The van der Waals surface area contributed by atoms with Crippen molar-refractivity contribution in [2.24, 2.45) is 17.3 Å². The fourth-order valence-corrected chi connectivity index (χ4v) is 4.38. The number of hydrogen-bond donors (Lipinski definition) is 2. The Morgan fingerprint density at radius 1 is 1.25 bits per heavy atom. The number of benzene rings is 1. The van der Waals surface area contributed by atoms with Crippen LogP contribution in [0.4, 0.5) is 0 Å². The SMILES string of the molecule is COC(=O)c1ccc([C@H]2[C@H]3C[NH+](C)CC=C3C(C#N)C(=N)C2(C#N)C#N)cc1. The number of rotatable bonds is 2. The highest BCUT2D eigenvalue weighted by Crippen LogP contribution is 2.52. The molecule has 1 fully saturated rings. The number of likely N-dealkylation sites (N-methyl/N-ethyl adjacent to an activating group) is 1. The van der Waals surface area contributed by atoms with Crippen molar-refractivity contribution in [3.63, 3.8) is 0 Å². The van der Waals surface area contributed by atoms with Gasteiger partial charge in [-0.2, -0.15) is 15.8 Å². The molecule has 1 aromatic carbocycles. The third-order valence-corrected chi connectivity index (χ3v) is 5.77. The van der Waals surface area contributed by atoms with Gasteiger partial charge in [0.1, 0.15) is 5.92 Å². The lowest BCUT2D eigenvalue weighted by atomic mass is 9.54. The number of quaternary nitrogens is 1. The van der Waals surface area contributed by atoms with Crippen molar-refractivity contribution >= 4 is 11.7 Å². The van der Waals surface area contributed by atoms with Gasteiger partial charge in [-0.1, -0.05) is 12.1 Å². The van der Waals surface area contributed by atoms with Crippen molar-refractivity contribution in [2.45, 2.75) is 5.92 Å². The van der Waals surface area contributed by atoms with Crippen LogP contribution in [0.2, 0.25) is 0 Å². The number of nitriles is 3. The molecule has 140 valence electrons. The summed E-state index contributed by atoms with van der Waals surface area (Å²) in [5, 5.41) is 38.2. The van der Waals surface area contributed by atoms with Crippen LogP contribution in [0.25, 0.3) is 0 Å². The van der Waals surface area contributed by atoms with E-state index in [2.05, 4.69) is 18.2 Å². The summed E-state index contributed by atoms with van der Waals surface area (Å²) in [6.07, 6.45) is 1.97. The fraction of sp³-hybridized carbons (Fsp3) is 0.381. The minimum Gasteiger partial charge on any atom is -0.465 e. The average molecular weight is 374 g/mol. The quantitative estimate of drug-likeness (QED) is 0.586. The van der Waals surface area contributed by atoms with Crippen molar-refractivity contribution in [3.05, 3.63) is 47.0 Å². The van der Waals surface area contributed by atoms with E-state index in [1.807, 2.05) is 13.1 Å². The summed E-state index contributed by atoms with van der Waals surface area (Å²) in [5.41, 5.74) is -0.00569. The molecular weight excluding hydrogens is 354 g/mol. The molecule has 1 aromatic rings. The zero-order valence-corrected chi connectivity index (χ0v) is 15.7. The Bertz CT molecular complexity index is 960. The number of ether oxygens (including phenoxy) is 1. The molecule has 1 heterocycles. The molecule has 0 radical (unpaired) electrons. The van der Waals surface area contributed by atoms with Crippen molar-refractivity contribution in [1.82, 2.24) is 0 Å². The molecule has 7 heteroatoms. The molecule has 0 saturated heterocycles. The van der Waals surface area contributed by atoms with Gasteiger partial charge >= 0.3 is 5.97 Å².